The van der Waals surface area contributed by atoms with E-state index in [1.54, 1.807) is 0 Å². The number of hydrogen-bond acceptors (Lipinski definition) is 4. The van der Waals surface area contributed by atoms with Crippen LogP contribution in [0.4, 0.5) is 5.69 Å². The fraction of sp³-hybridized carbons (Fsp3) is 0.103. The normalized spacial score (nSPS) is 14.2. The summed E-state index contributed by atoms with van der Waals surface area (Å²) in [7, 11) is 0. The van der Waals surface area contributed by atoms with Crippen LogP contribution in [-0.4, -0.2) is 19.5 Å². The highest BCUT2D eigenvalue weighted by atomic mass is 16.3. The van der Waals surface area contributed by atoms with Crippen LogP contribution in [0.25, 0.3) is 111 Å². The van der Waals surface area contributed by atoms with Crippen molar-refractivity contribution in [2.45, 2.75) is 38.5 Å². The average Bonchev–Trinajstić information content (AvgIpc) is 4.01. The lowest BCUT2D eigenvalue weighted by molar-refractivity contribution is 0.660. The zero-order chi connectivity index (χ0) is 43.1. The summed E-state index contributed by atoms with van der Waals surface area (Å²) >= 11 is 0. The number of para-hydroxylation sites is 1. The van der Waals surface area contributed by atoms with E-state index >= 15 is 0 Å². The van der Waals surface area contributed by atoms with Gasteiger partial charge < -0.3 is 8.98 Å². The molecular weight excluding hydrogens is 783 g/mol. The summed E-state index contributed by atoms with van der Waals surface area (Å²) in [5.74, 6) is 1.83. The van der Waals surface area contributed by atoms with Crippen LogP contribution in [0, 0.1) is 6.57 Å². The third-order valence-electron chi connectivity index (χ3n) is 14.1. The molecule has 0 bridgehead atoms. The van der Waals surface area contributed by atoms with E-state index in [0.717, 1.165) is 66.1 Å². The molecule has 11 aromatic rings. The number of nitrogens with zero attached hydrogens (tertiary/aromatic N) is 5. The molecular formula is C58H39N5O. The van der Waals surface area contributed by atoms with E-state index in [1.165, 1.54) is 44.5 Å². The van der Waals surface area contributed by atoms with Gasteiger partial charge in [0.05, 0.1) is 17.6 Å². The first-order valence-electron chi connectivity index (χ1n) is 21.8. The van der Waals surface area contributed by atoms with Gasteiger partial charge in [0.25, 0.3) is 0 Å². The summed E-state index contributed by atoms with van der Waals surface area (Å²) in [5.41, 5.74) is 18.0. The van der Waals surface area contributed by atoms with Crippen molar-refractivity contribution >= 4 is 49.4 Å². The summed E-state index contributed by atoms with van der Waals surface area (Å²) in [5, 5.41) is 4.12. The molecule has 302 valence electrons. The first-order valence-corrected chi connectivity index (χ1v) is 21.8. The molecule has 3 heterocycles. The second-order valence-corrected chi connectivity index (χ2v) is 18.3. The maximum Gasteiger partial charge on any atom is 0.188 e. The van der Waals surface area contributed by atoms with Crippen molar-refractivity contribution in [2.24, 2.45) is 0 Å². The van der Waals surface area contributed by atoms with Crippen molar-refractivity contribution in [1.82, 2.24) is 19.5 Å². The van der Waals surface area contributed by atoms with Crippen molar-refractivity contribution < 1.29 is 4.42 Å². The van der Waals surface area contributed by atoms with Gasteiger partial charge in [-0.2, -0.15) is 0 Å². The topological polar surface area (TPSA) is 61.1 Å². The molecule has 0 aliphatic heterocycles. The molecule has 0 saturated carbocycles. The molecule has 64 heavy (non-hydrogen) atoms. The largest absolute Gasteiger partial charge is 0.456 e. The Hall–Kier alpha value is -8.14. The van der Waals surface area contributed by atoms with Crippen LogP contribution in [0.3, 0.4) is 0 Å². The van der Waals surface area contributed by atoms with Crippen molar-refractivity contribution in [3.05, 3.63) is 197 Å². The van der Waals surface area contributed by atoms with Crippen molar-refractivity contribution in [3.63, 3.8) is 0 Å². The summed E-state index contributed by atoms with van der Waals surface area (Å²) in [6.45, 7) is 17.1. The smallest absolute Gasteiger partial charge is 0.188 e. The summed E-state index contributed by atoms with van der Waals surface area (Å²) in [6, 6.07) is 57.7. The molecule has 6 heteroatoms. The highest BCUT2D eigenvalue weighted by molar-refractivity contribution is 6.12. The van der Waals surface area contributed by atoms with Crippen LogP contribution in [0.1, 0.15) is 49.9 Å². The van der Waals surface area contributed by atoms with E-state index in [2.05, 4.69) is 171 Å². The highest BCUT2D eigenvalue weighted by Crippen LogP contribution is 2.51. The molecule has 0 unspecified atom stereocenters. The predicted molar refractivity (Wildman–Crippen MR) is 259 cm³/mol. The van der Waals surface area contributed by atoms with Crippen LogP contribution < -0.4 is 0 Å². The summed E-state index contributed by atoms with van der Waals surface area (Å²) < 4.78 is 8.49. The number of rotatable bonds is 4. The minimum Gasteiger partial charge on any atom is -0.456 e. The van der Waals surface area contributed by atoms with Gasteiger partial charge in [-0.15, -0.1) is 0 Å². The van der Waals surface area contributed by atoms with Gasteiger partial charge in [0.2, 0.25) is 0 Å². The molecule has 3 aromatic heterocycles. The Morgan fingerprint density at radius 2 is 0.938 bits per heavy atom. The fourth-order valence-corrected chi connectivity index (χ4v) is 10.8. The average molecular weight is 822 g/mol. The van der Waals surface area contributed by atoms with Gasteiger partial charge >= 0.3 is 0 Å². The lowest BCUT2D eigenvalue weighted by Crippen LogP contribution is -2.15. The lowest BCUT2D eigenvalue weighted by Gasteiger charge is -2.22. The molecule has 0 fully saturated rings. The molecule has 0 spiro atoms. The first kappa shape index (κ1) is 36.5. The SMILES string of the molecule is [C-]#[N+]c1ccc2c(c1)c1cc(-c3nc(-c4ccc5c(c4)C(C)(C)c4ccccc4-5)nc(-c4ccc5c(c4)C(C)(C)c4ccccc4-5)n3)ccc1n2-c1ccc2oc3ccccc3c2c1. The van der Waals surface area contributed by atoms with E-state index in [4.69, 9.17) is 25.9 Å². The van der Waals surface area contributed by atoms with Gasteiger partial charge in [-0.25, -0.2) is 19.8 Å². The zero-order valence-corrected chi connectivity index (χ0v) is 35.7. The minimum atomic E-state index is -0.181. The Morgan fingerprint density at radius 1 is 0.438 bits per heavy atom. The molecule has 2 aliphatic carbocycles. The Kier molecular flexibility index (Phi) is 7.39. The molecule has 0 saturated heterocycles. The van der Waals surface area contributed by atoms with Crippen LogP contribution in [-0.2, 0) is 10.8 Å². The lowest BCUT2D eigenvalue weighted by atomic mass is 9.82. The third-order valence-corrected chi connectivity index (χ3v) is 14.1. The molecule has 0 amide bonds. The van der Waals surface area contributed by atoms with Crippen LogP contribution in [0.15, 0.2) is 168 Å². The zero-order valence-electron chi connectivity index (χ0n) is 35.7. The van der Waals surface area contributed by atoms with Gasteiger partial charge in [0.15, 0.2) is 23.2 Å². The van der Waals surface area contributed by atoms with E-state index in [1.807, 2.05) is 30.3 Å². The first-order chi connectivity index (χ1) is 31.2. The molecule has 0 atom stereocenters. The van der Waals surface area contributed by atoms with Gasteiger partial charge in [-0.1, -0.05) is 125 Å². The number of furan rings is 1. The maximum absolute atomic E-state index is 7.93. The fourth-order valence-electron chi connectivity index (χ4n) is 10.8. The monoisotopic (exact) mass is 821 g/mol. The molecule has 0 N–H and O–H groups in total. The van der Waals surface area contributed by atoms with Gasteiger partial charge in [-0.05, 0) is 117 Å². The Balaban J connectivity index is 1.02. The molecule has 0 radical (unpaired) electrons. The van der Waals surface area contributed by atoms with E-state index < -0.39 is 0 Å². The number of aromatic nitrogens is 4. The number of fused-ring (bicyclic) bond motifs is 12. The Morgan fingerprint density at radius 3 is 1.56 bits per heavy atom. The molecule has 6 nitrogen and oxygen atoms in total. The molecule has 2 aliphatic rings. The second kappa shape index (κ2) is 12.9. The van der Waals surface area contributed by atoms with Crippen molar-refractivity contribution in [2.75, 3.05) is 0 Å². The van der Waals surface area contributed by atoms with Crippen molar-refractivity contribution in [3.8, 4) is 62.1 Å². The molecule has 13 rings (SSSR count). The Bertz CT molecular complexity index is 3750. The number of hydrogen-bond donors (Lipinski definition) is 0. The van der Waals surface area contributed by atoms with Gasteiger partial charge in [0, 0.05) is 49.4 Å². The minimum absolute atomic E-state index is 0.181. The molecule has 8 aromatic carbocycles. The van der Waals surface area contributed by atoms with Gasteiger partial charge in [0.1, 0.15) is 11.2 Å². The summed E-state index contributed by atoms with van der Waals surface area (Å²) in [6.07, 6.45) is 0. The van der Waals surface area contributed by atoms with Crippen molar-refractivity contribution in [1.29, 1.82) is 0 Å². The summed E-state index contributed by atoms with van der Waals surface area (Å²) in [4.78, 5) is 19.8. The highest BCUT2D eigenvalue weighted by Gasteiger charge is 2.37. The van der Waals surface area contributed by atoms with Crippen LogP contribution in [0.2, 0.25) is 0 Å². The van der Waals surface area contributed by atoms with E-state index in [0.29, 0.717) is 23.2 Å². The Labute approximate surface area is 370 Å². The maximum atomic E-state index is 7.93. The standard InChI is InChI=1S/C58H39N5O/c1-57(2)46-15-9-6-12-38(46)40-23-18-34(29-48(40)57)55-60-54(61-56(62-55)35-19-24-41-39-13-7-10-16-47(39)58(3,4)49(41)30-35)33-20-25-50-43(28-33)44-31-36(59-5)21-26-51(44)63(50)37-22-27-53-45(32-37)42-14-8-11-17-52(42)64-53/h6-32H,1-4H3. The van der Waals surface area contributed by atoms with Gasteiger partial charge in [-0.3, -0.25) is 0 Å². The van der Waals surface area contributed by atoms with E-state index in [-0.39, 0.29) is 10.8 Å². The predicted octanol–water partition coefficient (Wildman–Crippen LogP) is 15.0. The third kappa shape index (κ3) is 5.10. The van der Waals surface area contributed by atoms with E-state index in [9.17, 15) is 0 Å². The second-order valence-electron chi connectivity index (χ2n) is 18.3. The van der Waals surface area contributed by atoms with Crippen LogP contribution >= 0.6 is 0 Å². The number of benzene rings is 8. The quantitative estimate of drug-likeness (QED) is 0.166. The van der Waals surface area contributed by atoms with Crippen LogP contribution in [0.5, 0.6) is 0 Å².